The fraction of sp³-hybridized carbons (Fsp3) is 0.429. The molecule has 60 valence electrons. The molecule has 0 unspecified atom stereocenters. The highest BCUT2D eigenvalue weighted by Gasteiger charge is 2.00. The van der Waals surface area contributed by atoms with Gasteiger partial charge in [0.1, 0.15) is 11.6 Å². The number of aromatic nitrogens is 2. The van der Waals surface area contributed by atoms with E-state index < -0.39 is 0 Å². The normalized spacial score (nSPS) is 10.0. The smallest absolute Gasteiger partial charge is 0.130 e. The van der Waals surface area contributed by atoms with Crippen molar-refractivity contribution in [2.75, 3.05) is 0 Å². The Morgan fingerprint density at radius 2 is 2.55 bits per heavy atom. The van der Waals surface area contributed by atoms with Crippen molar-refractivity contribution < 1.29 is 4.79 Å². The number of hydrogen-bond acceptors (Lipinski definition) is 3. The van der Waals surface area contributed by atoms with Gasteiger partial charge in [0.05, 0.1) is 0 Å². The lowest BCUT2D eigenvalue weighted by molar-refractivity contribution is -0.117. The van der Waals surface area contributed by atoms with Gasteiger partial charge in [0.15, 0.2) is 0 Å². The second-order valence-electron chi connectivity index (χ2n) is 2.39. The molecule has 0 fully saturated rings. The quantitative estimate of drug-likeness (QED) is 0.689. The monoisotopic (exact) mass is 170 g/mol. The lowest BCUT2D eigenvalue weighted by Crippen LogP contribution is -1.98. The SMILES string of the molecule is CC(=O)CCc1nccn1S. The minimum absolute atomic E-state index is 0.182. The van der Waals surface area contributed by atoms with Gasteiger partial charge in [0.2, 0.25) is 0 Å². The Labute approximate surface area is 71.0 Å². The van der Waals surface area contributed by atoms with Crippen LogP contribution in [0.3, 0.4) is 0 Å². The first-order chi connectivity index (χ1) is 5.20. The Balaban J connectivity index is 2.51. The number of thiol groups is 1. The number of aryl methyl sites for hydroxylation is 1. The molecule has 0 saturated heterocycles. The van der Waals surface area contributed by atoms with Gasteiger partial charge in [-0.25, -0.2) is 4.98 Å². The Kier molecular flexibility index (Phi) is 2.70. The minimum atomic E-state index is 0.182. The third-order valence-corrected chi connectivity index (χ3v) is 1.76. The first kappa shape index (κ1) is 8.33. The van der Waals surface area contributed by atoms with E-state index in [1.54, 1.807) is 23.3 Å². The molecule has 4 heteroatoms. The number of ketones is 1. The van der Waals surface area contributed by atoms with Crippen molar-refractivity contribution in [3.63, 3.8) is 0 Å². The molecule has 0 amide bonds. The maximum Gasteiger partial charge on any atom is 0.130 e. The maximum atomic E-state index is 10.6. The van der Waals surface area contributed by atoms with Crippen molar-refractivity contribution in [1.82, 2.24) is 8.96 Å². The molecule has 1 heterocycles. The van der Waals surface area contributed by atoms with E-state index >= 15 is 0 Å². The van der Waals surface area contributed by atoms with Crippen LogP contribution in [0.25, 0.3) is 0 Å². The van der Waals surface area contributed by atoms with Crippen molar-refractivity contribution >= 4 is 18.6 Å². The molecule has 1 aromatic heterocycles. The summed E-state index contributed by atoms with van der Waals surface area (Å²) in [5.74, 6) is 1.02. The first-order valence-electron chi connectivity index (χ1n) is 3.41. The van der Waals surface area contributed by atoms with Crippen LogP contribution in [0.4, 0.5) is 0 Å². The number of Topliss-reactive ketones (excluding diaryl/α,β-unsaturated/α-hetero) is 1. The van der Waals surface area contributed by atoms with Crippen LogP contribution < -0.4 is 0 Å². The number of carbonyl (C=O) groups is 1. The summed E-state index contributed by atoms with van der Waals surface area (Å²) in [6.45, 7) is 1.58. The molecule has 11 heavy (non-hydrogen) atoms. The molecule has 0 aliphatic rings. The van der Waals surface area contributed by atoms with Crippen molar-refractivity contribution in [2.24, 2.45) is 0 Å². The zero-order valence-corrected chi connectivity index (χ0v) is 7.21. The molecular formula is C7H10N2OS. The molecule has 1 aromatic rings. The molecule has 0 radical (unpaired) electrons. The van der Waals surface area contributed by atoms with E-state index in [4.69, 9.17) is 0 Å². The molecule has 0 aliphatic heterocycles. The van der Waals surface area contributed by atoms with Crippen LogP contribution >= 0.6 is 12.8 Å². The number of hydrogen-bond donors (Lipinski definition) is 1. The largest absolute Gasteiger partial charge is 0.300 e. The standard InChI is InChI=1S/C7H10N2OS/c1-6(10)2-3-7-8-4-5-9(7)11/h4-5,11H,2-3H2,1H3. The lowest BCUT2D eigenvalue weighted by Gasteiger charge is -1.96. The van der Waals surface area contributed by atoms with Crippen LogP contribution in [0.2, 0.25) is 0 Å². The summed E-state index contributed by atoms with van der Waals surface area (Å²) >= 11 is 4.09. The molecule has 0 bridgehead atoms. The van der Waals surface area contributed by atoms with E-state index in [0.29, 0.717) is 12.8 Å². The molecular weight excluding hydrogens is 160 g/mol. The van der Waals surface area contributed by atoms with E-state index in [-0.39, 0.29) is 5.78 Å². The maximum absolute atomic E-state index is 10.6. The second kappa shape index (κ2) is 3.57. The summed E-state index contributed by atoms with van der Waals surface area (Å²) in [4.78, 5) is 14.6. The summed E-state index contributed by atoms with van der Waals surface area (Å²) in [7, 11) is 0. The molecule has 3 nitrogen and oxygen atoms in total. The van der Waals surface area contributed by atoms with Gasteiger partial charge >= 0.3 is 0 Å². The lowest BCUT2D eigenvalue weighted by atomic mass is 10.2. The van der Waals surface area contributed by atoms with Crippen LogP contribution in [0.1, 0.15) is 19.2 Å². The van der Waals surface area contributed by atoms with Crippen LogP contribution in [0.5, 0.6) is 0 Å². The molecule has 0 aliphatic carbocycles. The van der Waals surface area contributed by atoms with E-state index in [2.05, 4.69) is 17.8 Å². The summed E-state index contributed by atoms with van der Waals surface area (Å²) in [6, 6.07) is 0. The summed E-state index contributed by atoms with van der Waals surface area (Å²) < 4.78 is 1.63. The molecule has 1 rings (SSSR count). The predicted molar refractivity (Wildman–Crippen MR) is 45.6 cm³/mol. The average molecular weight is 170 g/mol. The summed E-state index contributed by atoms with van der Waals surface area (Å²) in [6.07, 6.45) is 4.63. The van der Waals surface area contributed by atoms with Gasteiger partial charge in [-0.1, -0.05) is 12.8 Å². The van der Waals surface area contributed by atoms with Crippen molar-refractivity contribution in [3.05, 3.63) is 18.2 Å². The van der Waals surface area contributed by atoms with Gasteiger partial charge in [-0.3, -0.25) is 3.97 Å². The second-order valence-corrected chi connectivity index (χ2v) is 2.82. The molecule has 0 spiro atoms. The van der Waals surface area contributed by atoms with Gasteiger partial charge in [-0.15, -0.1) is 0 Å². The van der Waals surface area contributed by atoms with Gasteiger partial charge in [-0.05, 0) is 6.92 Å². The molecule has 0 saturated carbocycles. The van der Waals surface area contributed by atoms with Crippen LogP contribution in [0, 0.1) is 0 Å². The molecule has 0 aromatic carbocycles. The fourth-order valence-corrected chi connectivity index (χ4v) is 1.01. The number of imidazole rings is 1. The summed E-state index contributed by atoms with van der Waals surface area (Å²) in [5.41, 5.74) is 0. The van der Waals surface area contributed by atoms with Crippen molar-refractivity contribution in [2.45, 2.75) is 19.8 Å². The van der Waals surface area contributed by atoms with Crippen LogP contribution in [-0.4, -0.2) is 14.7 Å². The topological polar surface area (TPSA) is 34.9 Å². The molecule has 0 N–H and O–H groups in total. The van der Waals surface area contributed by atoms with Crippen molar-refractivity contribution in [3.8, 4) is 0 Å². The Morgan fingerprint density at radius 1 is 1.82 bits per heavy atom. The highest BCUT2D eigenvalue weighted by Crippen LogP contribution is 2.02. The molecule has 0 atom stereocenters. The Bertz CT molecular complexity index is 257. The first-order valence-corrected chi connectivity index (χ1v) is 3.81. The highest BCUT2D eigenvalue weighted by molar-refractivity contribution is 7.78. The Hall–Kier alpha value is -0.770. The third-order valence-electron chi connectivity index (χ3n) is 1.40. The number of nitrogens with zero attached hydrogens (tertiary/aromatic N) is 2. The summed E-state index contributed by atoms with van der Waals surface area (Å²) in [5, 5.41) is 0. The zero-order valence-electron chi connectivity index (χ0n) is 6.32. The fourth-order valence-electron chi connectivity index (χ4n) is 0.795. The van der Waals surface area contributed by atoms with Crippen LogP contribution in [0.15, 0.2) is 12.4 Å². The van der Waals surface area contributed by atoms with Gasteiger partial charge in [-0.2, -0.15) is 0 Å². The third kappa shape index (κ3) is 2.38. The van der Waals surface area contributed by atoms with Gasteiger partial charge < -0.3 is 4.79 Å². The van der Waals surface area contributed by atoms with Gasteiger partial charge in [0, 0.05) is 25.2 Å². The number of rotatable bonds is 3. The average Bonchev–Trinajstić information content (AvgIpc) is 2.31. The van der Waals surface area contributed by atoms with E-state index in [9.17, 15) is 4.79 Å². The Morgan fingerprint density at radius 3 is 3.00 bits per heavy atom. The van der Waals surface area contributed by atoms with E-state index in [1.807, 2.05) is 0 Å². The van der Waals surface area contributed by atoms with E-state index in [1.165, 1.54) is 0 Å². The zero-order chi connectivity index (χ0) is 8.27. The van der Waals surface area contributed by atoms with Crippen molar-refractivity contribution in [1.29, 1.82) is 0 Å². The minimum Gasteiger partial charge on any atom is -0.300 e. The highest BCUT2D eigenvalue weighted by atomic mass is 32.1. The number of carbonyl (C=O) groups excluding carboxylic acids is 1. The van der Waals surface area contributed by atoms with Gasteiger partial charge in [0.25, 0.3) is 0 Å². The van der Waals surface area contributed by atoms with E-state index in [0.717, 1.165) is 5.82 Å². The van der Waals surface area contributed by atoms with Crippen LogP contribution in [-0.2, 0) is 11.2 Å². The predicted octanol–water partition coefficient (Wildman–Crippen LogP) is 1.10.